The molecule has 21 heavy (non-hydrogen) atoms. The van der Waals surface area contributed by atoms with Gasteiger partial charge in [-0.15, -0.1) is 0 Å². The first-order valence-electron chi connectivity index (χ1n) is 6.25. The zero-order valence-electron chi connectivity index (χ0n) is 11.2. The molecule has 0 aliphatic heterocycles. The molecule has 0 spiro atoms. The Morgan fingerprint density at radius 2 is 1.86 bits per heavy atom. The lowest BCUT2D eigenvalue weighted by Crippen LogP contribution is -2.38. The van der Waals surface area contributed by atoms with E-state index < -0.39 is 37.5 Å². The summed E-state index contributed by atoms with van der Waals surface area (Å²) in [6.45, 7) is 0.406. The molecule has 1 fully saturated rings. The average molecular weight is 326 g/mol. The average Bonchev–Trinajstić information content (AvgIpc) is 2.31. The van der Waals surface area contributed by atoms with Crippen molar-refractivity contribution in [2.24, 2.45) is 5.92 Å². The highest BCUT2D eigenvalue weighted by atomic mass is 32.2. The van der Waals surface area contributed by atoms with Gasteiger partial charge >= 0.3 is 6.18 Å². The van der Waals surface area contributed by atoms with E-state index in [0.717, 1.165) is 0 Å². The van der Waals surface area contributed by atoms with E-state index in [2.05, 4.69) is 0 Å². The van der Waals surface area contributed by atoms with Crippen LogP contribution in [0.4, 0.5) is 17.6 Å². The molecule has 0 N–H and O–H groups in total. The number of sulfone groups is 1. The van der Waals surface area contributed by atoms with E-state index in [1.54, 1.807) is 0 Å². The summed E-state index contributed by atoms with van der Waals surface area (Å²) < 4.78 is 80.5. The Labute approximate surface area is 119 Å². The fraction of sp³-hybridized carbons (Fsp3) is 0.538. The lowest BCUT2D eigenvalue weighted by Gasteiger charge is -2.34. The molecule has 0 aromatic heterocycles. The molecule has 0 bridgehead atoms. The summed E-state index contributed by atoms with van der Waals surface area (Å²) in [5.41, 5.74) is -1.30. The van der Waals surface area contributed by atoms with Crippen LogP contribution in [0.3, 0.4) is 0 Å². The second-order valence-electron chi connectivity index (χ2n) is 5.13. The third kappa shape index (κ3) is 3.37. The number of methoxy groups -OCH3 is 1. The molecule has 1 aliphatic carbocycles. The molecule has 3 nitrogen and oxygen atoms in total. The minimum absolute atomic E-state index is 0.0745. The highest BCUT2D eigenvalue weighted by Gasteiger charge is 2.41. The van der Waals surface area contributed by atoms with Crippen LogP contribution in [0, 0.1) is 11.7 Å². The Hall–Kier alpha value is -1.15. The van der Waals surface area contributed by atoms with Crippen molar-refractivity contribution in [1.29, 1.82) is 0 Å². The molecule has 0 amide bonds. The second-order valence-corrected chi connectivity index (χ2v) is 7.36. The van der Waals surface area contributed by atoms with Crippen molar-refractivity contribution in [3.8, 4) is 0 Å². The van der Waals surface area contributed by atoms with Gasteiger partial charge in [-0.25, -0.2) is 12.8 Å². The molecule has 0 radical (unpaired) electrons. The van der Waals surface area contributed by atoms with Crippen molar-refractivity contribution < 1.29 is 30.7 Å². The summed E-state index contributed by atoms with van der Waals surface area (Å²) in [7, 11) is -2.46. The van der Waals surface area contributed by atoms with Gasteiger partial charge in [-0.2, -0.15) is 13.2 Å². The van der Waals surface area contributed by atoms with E-state index in [1.165, 1.54) is 7.11 Å². The Bertz CT molecular complexity index is 619. The van der Waals surface area contributed by atoms with Gasteiger partial charge in [0, 0.05) is 13.7 Å². The van der Waals surface area contributed by atoms with Crippen molar-refractivity contribution in [1.82, 2.24) is 0 Å². The Balaban J connectivity index is 2.27. The van der Waals surface area contributed by atoms with Crippen LogP contribution in [0.25, 0.3) is 0 Å². The smallest absolute Gasteiger partial charge is 0.384 e. The standard InChI is InChI=1S/C13H14F4O3S/c1-20-7-8-2-11(3-8)21(18,19)12-5-9(13(15,16)17)4-10(14)6-12/h4-6,8,11H,2-3,7H2,1H3. The summed E-state index contributed by atoms with van der Waals surface area (Å²) in [6, 6.07) is 1.41. The van der Waals surface area contributed by atoms with Crippen molar-refractivity contribution in [3.63, 3.8) is 0 Å². The molecule has 0 unspecified atom stereocenters. The summed E-state index contributed by atoms with van der Waals surface area (Å²) >= 11 is 0. The van der Waals surface area contributed by atoms with Crippen molar-refractivity contribution in [3.05, 3.63) is 29.6 Å². The van der Waals surface area contributed by atoms with Gasteiger partial charge in [-0.3, -0.25) is 0 Å². The topological polar surface area (TPSA) is 43.4 Å². The predicted molar refractivity (Wildman–Crippen MR) is 67.0 cm³/mol. The van der Waals surface area contributed by atoms with E-state index in [-0.39, 0.29) is 12.0 Å². The third-order valence-corrected chi connectivity index (χ3v) is 5.72. The van der Waals surface area contributed by atoms with Crippen LogP contribution in [-0.4, -0.2) is 27.4 Å². The number of halogens is 4. The number of hydrogen-bond acceptors (Lipinski definition) is 3. The van der Waals surface area contributed by atoms with Crippen LogP contribution in [0.15, 0.2) is 23.1 Å². The molecular weight excluding hydrogens is 312 g/mol. The lowest BCUT2D eigenvalue weighted by molar-refractivity contribution is -0.137. The maximum Gasteiger partial charge on any atom is 0.416 e. The minimum Gasteiger partial charge on any atom is -0.384 e. The van der Waals surface area contributed by atoms with Gasteiger partial charge in [-0.1, -0.05) is 0 Å². The van der Waals surface area contributed by atoms with Crippen LogP contribution in [0.5, 0.6) is 0 Å². The Morgan fingerprint density at radius 3 is 2.38 bits per heavy atom. The Kier molecular flexibility index (Phi) is 4.30. The number of hydrogen-bond donors (Lipinski definition) is 0. The molecule has 1 aromatic rings. The van der Waals surface area contributed by atoms with Crippen molar-refractivity contribution in [2.45, 2.75) is 29.2 Å². The quantitative estimate of drug-likeness (QED) is 0.799. The number of alkyl halides is 3. The van der Waals surface area contributed by atoms with E-state index in [9.17, 15) is 26.0 Å². The SMILES string of the molecule is COCC1CC(S(=O)(=O)c2cc(F)cc(C(F)(F)F)c2)C1. The molecule has 1 saturated carbocycles. The van der Waals surface area contributed by atoms with Crippen LogP contribution in [0.2, 0.25) is 0 Å². The fourth-order valence-corrected chi connectivity index (χ4v) is 4.39. The molecule has 118 valence electrons. The first kappa shape index (κ1) is 16.2. The van der Waals surface area contributed by atoms with E-state index >= 15 is 0 Å². The van der Waals surface area contributed by atoms with Crippen molar-refractivity contribution in [2.75, 3.05) is 13.7 Å². The highest BCUT2D eigenvalue weighted by molar-refractivity contribution is 7.92. The van der Waals surface area contributed by atoms with Gasteiger partial charge in [0.05, 0.1) is 15.7 Å². The second kappa shape index (κ2) is 5.57. The normalized spacial score (nSPS) is 22.9. The largest absolute Gasteiger partial charge is 0.416 e. The lowest BCUT2D eigenvalue weighted by atomic mass is 9.85. The molecule has 1 aliphatic rings. The maximum atomic E-state index is 13.3. The van der Waals surface area contributed by atoms with Crippen LogP contribution in [-0.2, 0) is 20.8 Å². The van der Waals surface area contributed by atoms with Gasteiger partial charge in [0.1, 0.15) is 5.82 Å². The molecule has 0 atom stereocenters. The number of ether oxygens (including phenoxy) is 1. The van der Waals surface area contributed by atoms with Crippen LogP contribution in [0.1, 0.15) is 18.4 Å². The van der Waals surface area contributed by atoms with Gasteiger partial charge in [-0.05, 0) is 37.0 Å². The number of rotatable bonds is 4. The highest BCUT2D eigenvalue weighted by Crippen LogP contribution is 2.38. The fourth-order valence-electron chi connectivity index (χ4n) is 2.38. The predicted octanol–water partition coefficient (Wildman–Crippen LogP) is 3.04. The Morgan fingerprint density at radius 1 is 1.24 bits per heavy atom. The molecule has 1 aromatic carbocycles. The molecule has 0 saturated heterocycles. The van der Waals surface area contributed by atoms with E-state index in [1.807, 2.05) is 0 Å². The van der Waals surface area contributed by atoms with E-state index in [4.69, 9.17) is 4.74 Å². The monoisotopic (exact) mass is 326 g/mol. The van der Waals surface area contributed by atoms with Crippen LogP contribution < -0.4 is 0 Å². The van der Waals surface area contributed by atoms with Crippen LogP contribution >= 0.6 is 0 Å². The zero-order chi connectivity index (χ0) is 15.8. The first-order valence-corrected chi connectivity index (χ1v) is 7.80. The summed E-state index contributed by atoms with van der Waals surface area (Å²) in [6.07, 6.45) is -4.16. The maximum absolute atomic E-state index is 13.3. The van der Waals surface area contributed by atoms with E-state index in [0.29, 0.717) is 31.6 Å². The molecule has 2 rings (SSSR count). The van der Waals surface area contributed by atoms with Gasteiger partial charge < -0.3 is 4.74 Å². The van der Waals surface area contributed by atoms with Gasteiger partial charge in [0.2, 0.25) is 0 Å². The summed E-state index contributed by atoms with van der Waals surface area (Å²) in [4.78, 5) is -0.615. The first-order chi connectivity index (χ1) is 9.64. The molecule has 8 heteroatoms. The molecular formula is C13H14F4O3S. The summed E-state index contributed by atoms with van der Waals surface area (Å²) in [5.74, 6) is -1.14. The molecule has 0 heterocycles. The zero-order valence-corrected chi connectivity index (χ0v) is 12.0. The summed E-state index contributed by atoms with van der Waals surface area (Å²) in [5, 5.41) is -0.777. The minimum atomic E-state index is -4.79. The third-order valence-electron chi connectivity index (χ3n) is 3.56. The van der Waals surface area contributed by atoms with Gasteiger partial charge in [0.15, 0.2) is 9.84 Å². The van der Waals surface area contributed by atoms with Crippen molar-refractivity contribution >= 4 is 9.84 Å². The number of benzene rings is 1. The van der Waals surface area contributed by atoms with Gasteiger partial charge in [0.25, 0.3) is 0 Å².